The predicted molar refractivity (Wildman–Crippen MR) is 33.4 cm³/mol. The Morgan fingerprint density at radius 3 is 2.70 bits per heavy atom. The van der Waals surface area contributed by atoms with Gasteiger partial charge in [0, 0.05) is 13.5 Å². The van der Waals surface area contributed by atoms with Crippen LogP contribution >= 0.6 is 0 Å². The molecule has 0 amide bonds. The molecule has 0 aromatic heterocycles. The van der Waals surface area contributed by atoms with Crippen LogP contribution in [0.4, 0.5) is 0 Å². The lowest BCUT2D eigenvalue weighted by Gasteiger charge is -2.09. The highest BCUT2D eigenvalue weighted by atomic mass is 16.7. The average molecular weight is 148 g/mol. The summed E-state index contributed by atoms with van der Waals surface area (Å²) in [7, 11) is 1.51. The Bertz CT molecular complexity index is 106. The minimum atomic E-state index is -0.588. The maximum atomic E-state index is 9.13. The lowest BCUT2D eigenvalue weighted by molar-refractivity contribution is -0.127. The zero-order valence-electron chi connectivity index (χ0n) is 5.86. The number of methoxy groups -OCH3 is 1. The topological polar surface area (TPSA) is 58.9 Å². The maximum absolute atomic E-state index is 9.13. The van der Waals surface area contributed by atoms with Gasteiger partial charge in [-0.1, -0.05) is 0 Å². The second-order valence-corrected chi connectivity index (χ2v) is 2.33. The summed E-state index contributed by atoms with van der Waals surface area (Å²) < 4.78 is 9.87. The molecule has 1 heterocycles. The molecular weight excluding hydrogens is 136 g/mol. The first-order valence-corrected chi connectivity index (χ1v) is 3.25. The normalized spacial score (nSPS) is 40.5. The zero-order chi connectivity index (χ0) is 7.56. The predicted octanol–water partition coefficient (Wildman–Crippen LogP) is -0.899. The van der Waals surface area contributed by atoms with Gasteiger partial charge in [0.15, 0.2) is 6.29 Å². The van der Waals surface area contributed by atoms with E-state index in [1.54, 1.807) is 0 Å². The van der Waals surface area contributed by atoms with Gasteiger partial charge in [0.1, 0.15) is 6.10 Å². The number of hydrogen-bond acceptors (Lipinski definition) is 4. The Balaban J connectivity index is 2.36. The molecule has 0 spiro atoms. The van der Waals surface area contributed by atoms with Crippen molar-refractivity contribution < 1.29 is 19.7 Å². The van der Waals surface area contributed by atoms with E-state index in [0.29, 0.717) is 6.42 Å². The fraction of sp³-hybridized carbons (Fsp3) is 1.00. The van der Waals surface area contributed by atoms with E-state index < -0.39 is 12.2 Å². The Hall–Kier alpha value is -0.160. The van der Waals surface area contributed by atoms with Gasteiger partial charge in [-0.05, 0) is 0 Å². The largest absolute Gasteiger partial charge is 0.394 e. The minimum Gasteiger partial charge on any atom is -0.394 e. The summed E-state index contributed by atoms with van der Waals surface area (Å²) in [6.07, 6.45) is -0.964. The van der Waals surface area contributed by atoms with Crippen LogP contribution in [0.1, 0.15) is 6.42 Å². The van der Waals surface area contributed by atoms with E-state index in [2.05, 4.69) is 0 Å². The fourth-order valence-corrected chi connectivity index (χ4v) is 1.01. The van der Waals surface area contributed by atoms with Crippen molar-refractivity contribution >= 4 is 0 Å². The number of aliphatic hydroxyl groups is 2. The second kappa shape index (κ2) is 3.30. The Morgan fingerprint density at radius 2 is 2.40 bits per heavy atom. The molecule has 0 aromatic carbocycles. The summed E-state index contributed by atoms with van der Waals surface area (Å²) in [4.78, 5) is 0. The minimum absolute atomic E-state index is 0.152. The van der Waals surface area contributed by atoms with Gasteiger partial charge < -0.3 is 19.7 Å². The lowest BCUT2D eigenvalue weighted by atomic mass is 10.2. The van der Waals surface area contributed by atoms with Crippen molar-refractivity contribution in [2.75, 3.05) is 13.7 Å². The average Bonchev–Trinajstić information content (AvgIpc) is 2.30. The van der Waals surface area contributed by atoms with Crippen molar-refractivity contribution in [3.05, 3.63) is 0 Å². The van der Waals surface area contributed by atoms with Gasteiger partial charge in [-0.3, -0.25) is 0 Å². The molecule has 0 aromatic rings. The third-order valence-electron chi connectivity index (χ3n) is 1.63. The summed E-state index contributed by atoms with van der Waals surface area (Å²) in [5.74, 6) is 0. The van der Waals surface area contributed by atoms with Crippen LogP contribution in [0, 0.1) is 0 Å². The highest BCUT2D eigenvalue weighted by Gasteiger charge is 2.32. The molecule has 0 bridgehead atoms. The van der Waals surface area contributed by atoms with Crippen molar-refractivity contribution in [1.29, 1.82) is 0 Å². The molecular formula is C6H12O4. The van der Waals surface area contributed by atoms with E-state index in [4.69, 9.17) is 19.7 Å². The van der Waals surface area contributed by atoms with Gasteiger partial charge >= 0.3 is 0 Å². The van der Waals surface area contributed by atoms with Crippen LogP contribution in [0.5, 0.6) is 0 Å². The standard InChI is InChI=1S/C6H12O4/c1-9-6-2-4(8)5(3-7)10-6/h4-8H,2-3H2,1H3/t4-,5-,6?/m1/s1. The van der Waals surface area contributed by atoms with Crippen molar-refractivity contribution in [3.63, 3.8) is 0 Å². The molecule has 1 aliphatic heterocycles. The molecule has 4 heteroatoms. The summed E-state index contributed by atoms with van der Waals surface area (Å²) in [5.41, 5.74) is 0. The third kappa shape index (κ3) is 1.46. The number of ether oxygens (including phenoxy) is 2. The molecule has 1 fully saturated rings. The van der Waals surface area contributed by atoms with Gasteiger partial charge in [0.05, 0.1) is 12.7 Å². The molecule has 2 N–H and O–H groups in total. The van der Waals surface area contributed by atoms with E-state index in [9.17, 15) is 0 Å². The highest BCUT2D eigenvalue weighted by molar-refractivity contribution is 4.76. The Morgan fingerprint density at radius 1 is 1.70 bits per heavy atom. The first-order chi connectivity index (χ1) is 4.77. The molecule has 0 radical (unpaired) electrons. The molecule has 0 saturated carbocycles. The third-order valence-corrected chi connectivity index (χ3v) is 1.63. The Labute approximate surface area is 59.4 Å². The van der Waals surface area contributed by atoms with Crippen molar-refractivity contribution in [2.24, 2.45) is 0 Å². The Kier molecular flexibility index (Phi) is 2.62. The molecule has 1 rings (SSSR count). The van der Waals surface area contributed by atoms with Crippen LogP contribution in [0.25, 0.3) is 0 Å². The molecule has 10 heavy (non-hydrogen) atoms. The van der Waals surface area contributed by atoms with E-state index in [-0.39, 0.29) is 12.9 Å². The summed E-state index contributed by atoms with van der Waals surface area (Å²) in [6.45, 7) is -0.152. The summed E-state index contributed by atoms with van der Waals surface area (Å²) >= 11 is 0. The molecule has 60 valence electrons. The van der Waals surface area contributed by atoms with Gasteiger partial charge in [-0.25, -0.2) is 0 Å². The smallest absolute Gasteiger partial charge is 0.160 e. The van der Waals surface area contributed by atoms with Gasteiger partial charge in [0.25, 0.3) is 0 Å². The quantitative estimate of drug-likeness (QED) is 0.533. The molecule has 1 unspecified atom stereocenters. The molecule has 3 atom stereocenters. The van der Waals surface area contributed by atoms with Crippen LogP contribution in [0.3, 0.4) is 0 Å². The first kappa shape index (κ1) is 7.94. The molecule has 1 aliphatic rings. The summed E-state index contributed by atoms with van der Waals surface area (Å²) in [6, 6.07) is 0. The molecule has 1 saturated heterocycles. The fourth-order valence-electron chi connectivity index (χ4n) is 1.01. The van der Waals surface area contributed by atoms with Crippen LogP contribution in [0.2, 0.25) is 0 Å². The number of aliphatic hydroxyl groups excluding tert-OH is 2. The van der Waals surface area contributed by atoms with Crippen LogP contribution in [-0.4, -0.2) is 42.4 Å². The SMILES string of the molecule is COC1C[C@@H](O)[C@@H](CO)O1. The summed E-state index contributed by atoms with van der Waals surface area (Å²) in [5, 5.41) is 17.7. The highest BCUT2D eigenvalue weighted by Crippen LogP contribution is 2.19. The van der Waals surface area contributed by atoms with Crippen LogP contribution in [-0.2, 0) is 9.47 Å². The van der Waals surface area contributed by atoms with Gasteiger partial charge in [-0.15, -0.1) is 0 Å². The number of rotatable bonds is 2. The van der Waals surface area contributed by atoms with Crippen LogP contribution < -0.4 is 0 Å². The van der Waals surface area contributed by atoms with Crippen molar-refractivity contribution in [1.82, 2.24) is 0 Å². The van der Waals surface area contributed by atoms with Crippen molar-refractivity contribution in [3.8, 4) is 0 Å². The monoisotopic (exact) mass is 148 g/mol. The van der Waals surface area contributed by atoms with E-state index >= 15 is 0 Å². The van der Waals surface area contributed by atoms with E-state index in [1.807, 2.05) is 0 Å². The first-order valence-electron chi connectivity index (χ1n) is 3.25. The maximum Gasteiger partial charge on any atom is 0.160 e. The van der Waals surface area contributed by atoms with E-state index in [1.165, 1.54) is 7.11 Å². The zero-order valence-corrected chi connectivity index (χ0v) is 5.86. The van der Waals surface area contributed by atoms with Gasteiger partial charge in [0.2, 0.25) is 0 Å². The second-order valence-electron chi connectivity index (χ2n) is 2.33. The number of hydrogen-bond donors (Lipinski definition) is 2. The van der Waals surface area contributed by atoms with Crippen molar-refractivity contribution in [2.45, 2.75) is 24.9 Å². The van der Waals surface area contributed by atoms with Gasteiger partial charge in [-0.2, -0.15) is 0 Å². The molecule has 4 nitrogen and oxygen atoms in total. The molecule has 0 aliphatic carbocycles. The lowest BCUT2D eigenvalue weighted by Crippen LogP contribution is -2.24. The van der Waals surface area contributed by atoms with Crippen LogP contribution in [0.15, 0.2) is 0 Å². The van der Waals surface area contributed by atoms with E-state index in [0.717, 1.165) is 0 Å².